The summed E-state index contributed by atoms with van der Waals surface area (Å²) in [6.07, 6.45) is 0. The molecular formula is C13H18BrNO. The number of halogens is 1. The molecule has 3 heteroatoms. The van der Waals surface area contributed by atoms with Crippen LogP contribution in [0.1, 0.15) is 25.3 Å². The van der Waals surface area contributed by atoms with Crippen molar-refractivity contribution >= 4 is 15.9 Å². The fourth-order valence-electron chi connectivity index (χ4n) is 2.74. The number of hydrogen-bond acceptors (Lipinski definition) is 2. The molecule has 1 fully saturated rings. The topological polar surface area (TPSA) is 35.2 Å². The summed E-state index contributed by atoms with van der Waals surface area (Å²) in [6.45, 7) is 5.30. The molecule has 0 aromatic heterocycles. The Morgan fingerprint density at radius 2 is 2.12 bits per heavy atom. The Balaban J connectivity index is 2.35. The highest BCUT2D eigenvalue weighted by Gasteiger charge is 2.58. The van der Waals surface area contributed by atoms with Gasteiger partial charge in [-0.05, 0) is 41.5 Å². The van der Waals surface area contributed by atoms with Crippen molar-refractivity contribution in [1.82, 2.24) is 0 Å². The van der Waals surface area contributed by atoms with Crippen molar-refractivity contribution < 1.29 is 4.74 Å². The lowest BCUT2D eigenvalue weighted by molar-refractivity contribution is 0.407. The molecule has 0 spiro atoms. The summed E-state index contributed by atoms with van der Waals surface area (Å²) >= 11 is 3.46. The lowest BCUT2D eigenvalue weighted by Crippen LogP contribution is -2.05. The molecule has 0 radical (unpaired) electrons. The van der Waals surface area contributed by atoms with Crippen LogP contribution in [-0.4, -0.2) is 13.7 Å². The Hall–Kier alpha value is -0.540. The molecule has 0 bridgehead atoms. The van der Waals surface area contributed by atoms with Gasteiger partial charge in [-0.15, -0.1) is 0 Å². The monoisotopic (exact) mass is 283 g/mol. The van der Waals surface area contributed by atoms with E-state index in [0.717, 1.165) is 16.8 Å². The summed E-state index contributed by atoms with van der Waals surface area (Å²) in [5.41, 5.74) is 7.39. The Kier molecular flexibility index (Phi) is 3.01. The van der Waals surface area contributed by atoms with Gasteiger partial charge >= 0.3 is 0 Å². The van der Waals surface area contributed by atoms with E-state index in [4.69, 9.17) is 10.5 Å². The predicted molar refractivity (Wildman–Crippen MR) is 69.8 cm³/mol. The first-order chi connectivity index (χ1) is 7.52. The summed E-state index contributed by atoms with van der Waals surface area (Å²) in [7, 11) is 1.72. The van der Waals surface area contributed by atoms with Crippen LogP contribution in [0.5, 0.6) is 5.75 Å². The van der Waals surface area contributed by atoms with Gasteiger partial charge < -0.3 is 10.5 Å². The van der Waals surface area contributed by atoms with E-state index in [9.17, 15) is 0 Å². The smallest absolute Gasteiger partial charge is 0.123 e. The van der Waals surface area contributed by atoms with Gasteiger partial charge in [-0.3, -0.25) is 0 Å². The molecule has 16 heavy (non-hydrogen) atoms. The van der Waals surface area contributed by atoms with Gasteiger partial charge in [-0.25, -0.2) is 0 Å². The summed E-state index contributed by atoms with van der Waals surface area (Å²) in [5.74, 6) is 2.06. The number of methoxy groups -OCH3 is 1. The molecule has 2 atom stereocenters. The Morgan fingerprint density at radius 1 is 1.44 bits per heavy atom. The van der Waals surface area contributed by atoms with Gasteiger partial charge in [0.25, 0.3) is 0 Å². The molecule has 0 aliphatic heterocycles. The van der Waals surface area contributed by atoms with E-state index >= 15 is 0 Å². The molecule has 0 saturated heterocycles. The predicted octanol–water partition coefficient (Wildman–Crippen LogP) is 3.16. The molecule has 1 aliphatic rings. The quantitative estimate of drug-likeness (QED) is 0.925. The van der Waals surface area contributed by atoms with Crippen LogP contribution < -0.4 is 10.5 Å². The van der Waals surface area contributed by atoms with E-state index < -0.39 is 0 Å². The maximum absolute atomic E-state index is 5.81. The van der Waals surface area contributed by atoms with Crippen molar-refractivity contribution in [2.75, 3.05) is 13.7 Å². The molecule has 1 saturated carbocycles. The van der Waals surface area contributed by atoms with Gasteiger partial charge in [0.05, 0.1) is 7.11 Å². The third kappa shape index (κ3) is 1.76. The van der Waals surface area contributed by atoms with Crippen LogP contribution in [0.3, 0.4) is 0 Å². The van der Waals surface area contributed by atoms with Crippen LogP contribution >= 0.6 is 15.9 Å². The molecule has 2 rings (SSSR count). The lowest BCUT2D eigenvalue weighted by Gasteiger charge is -2.10. The van der Waals surface area contributed by atoms with E-state index in [-0.39, 0.29) is 0 Å². The Bertz CT molecular complexity index is 403. The van der Waals surface area contributed by atoms with Gasteiger partial charge in [-0.1, -0.05) is 35.8 Å². The third-order valence-corrected chi connectivity index (χ3v) is 4.33. The highest BCUT2D eigenvalue weighted by Crippen LogP contribution is 2.65. The summed E-state index contributed by atoms with van der Waals surface area (Å²) in [4.78, 5) is 0. The van der Waals surface area contributed by atoms with Gasteiger partial charge in [0.2, 0.25) is 0 Å². The maximum atomic E-state index is 5.81. The fraction of sp³-hybridized carbons (Fsp3) is 0.538. The number of hydrogen-bond donors (Lipinski definition) is 1. The average molecular weight is 284 g/mol. The lowest BCUT2D eigenvalue weighted by atomic mass is 10.0. The van der Waals surface area contributed by atoms with Crippen LogP contribution in [0.25, 0.3) is 0 Å². The number of rotatable bonds is 3. The molecule has 1 aromatic carbocycles. The van der Waals surface area contributed by atoms with Crippen LogP contribution in [0.4, 0.5) is 0 Å². The first kappa shape index (κ1) is 11.9. The second-order valence-electron chi connectivity index (χ2n) is 5.03. The van der Waals surface area contributed by atoms with E-state index in [1.807, 2.05) is 6.07 Å². The van der Waals surface area contributed by atoms with Crippen molar-refractivity contribution in [2.24, 2.45) is 17.1 Å². The SMILES string of the molecule is COc1cc(Br)ccc1[C@@H]1[C@@H](CN)C1(C)C. The molecule has 0 amide bonds. The zero-order valence-corrected chi connectivity index (χ0v) is 11.5. The van der Waals surface area contributed by atoms with E-state index in [1.54, 1.807) is 7.11 Å². The van der Waals surface area contributed by atoms with Crippen LogP contribution in [0, 0.1) is 11.3 Å². The average Bonchev–Trinajstić information content (AvgIpc) is 2.80. The van der Waals surface area contributed by atoms with Crippen molar-refractivity contribution in [3.05, 3.63) is 28.2 Å². The largest absolute Gasteiger partial charge is 0.496 e. The number of ether oxygens (including phenoxy) is 1. The van der Waals surface area contributed by atoms with Gasteiger partial charge in [0, 0.05) is 4.47 Å². The minimum atomic E-state index is 0.301. The van der Waals surface area contributed by atoms with Crippen molar-refractivity contribution in [2.45, 2.75) is 19.8 Å². The molecule has 0 heterocycles. The molecule has 2 N–H and O–H groups in total. The highest BCUT2D eigenvalue weighted by molar-refractivity contribution is 9.10. The zero-order valence-electron chi connectivity index (χ0n) is 9.96. The molecular weight excluding hydrogens is 266 g/mol. The molecule has 2 nitrogen and oxygen atoms in total. The van der Waals surface area contributed by atoms with Gasteiger partial charge in [-0.2, -0.15) is 0 Å². The zero-order chi connectivity index (χ0) is 11.9. The number of benzene rings is 1. The van der Waals surface area contributed by atoms with E-state index in [0.29, 0.717) is 17.3 Å². The highest BCUT2D eigenvalue weighted by atomic mass is 79.9. The molecule has 88 valence electrons. The standard InChI is InChI=1S/C13H18BrNO/c1-13(2)10(7-15)12(13)9-5-4-8(14)6-11(9)16-3/h4-6,10,12H,7,15H2,1-3H3/t10-,12-/m1/s1. The fourth-order valence-corrected chi connectivity index (χ4v) is 3.08. The van der Waals surface area contributed by atoms with E-state index in [1.165, 1.54) is 5.56 Å². The molecule has 1 aromatic rings. The van der Waals surface area contributed by atoms with E-state index in [2.05, 4.69) is 41.9 Å². The second kappa shape index (κ2) is 4.04. The van der Waals surface area contributed by atoms with Crippen LogP contribution in [0.2, 0.25) is 0 Å². The Labute approximate surface area is 105 Å². The van der Waals surface area contributed by atoms with Gasteiger partial charge in [0.15, 0.2) is 0 Å². The van der Waals surface area contributed by atoms with Crippen LogP contribution in [0.15, 0.2) is 22.7 Å². The van der Waals surface area contributed by atoms with Crippen LogP contribution in [-0.2, 0) is 0 Å². The number of nitrogens with two attached hydrogens (primary N) is 1. The molecule has 0 unspecified atom stereocenters. The normalized spacial score (nSPS) is 26.6. The second-order valence-corrected chi connectivity index (χ2v) is 5.94. The maximum Gasteiger partial charge on any atom is 0.123 e. The summed E-state index contributed by atoms with van der Waals surface area (Å²) in [6, 6.07) is 6.24. The first-order valence-electron chi connectivity index (χ1n) is 5.56. The van der Waals surface area contributed by atoms with Crippen molar-refractivity contribution in [3.8, 4) is 5.75 Å². The third-order valence-electron chi connectivity index (χ3n) is 3.83. The summed E-state index contributed by atoms with van der Waals surface area (Å²) < 4.78 is 6.49. The van der Waals surface area contributed by atoms with Gasteiger partial charge in [0.1, 0.15) is 5.75 Å². The first-order valence-corrected chi connectivity index (χ1v) is 6.35. The summed E-state index contributed by atoms with van der Waals surface area (Å²) in [5, 5.41) is 0. The van der Waals surface area contributed by atoms with Crippen molar-refractivity contribution in [3.63, 3.8) is 0 Å². The minimum absolute atomic E-state index is 0.301. The molecule has 1 aliphatic carbocycles. The minimum Gasteiger partial charge on any atom is -0.496 e. The van der Waals surface area contributed by atoms with Crippen molar-refractivity contribution in [1.29, 1.82) is 0 Å². The Morgan fingerprint density at radius 3 is 2.62 bits per heavy atom.